The third-order valence-corrected chi connectivity index (χ3v) is 5.46. The Hall–Kier alpha value is -2.38. The van der Waals surface area contributed by atoms with Gasteiger partial charge in [0.05, 0.1) is 11.3 Å². The summed E-state index contributed by atoms with van der Waals surface area (Å²) in [7, 11) is 0. The van der Waals surface area contributed by atoms with Crippen LogP contribution in [0.5, 0.6) is 0 Å². The zero-order valence-electron chi connectivity index (χ0n) is 13.7. The van der Waals surface area contributed by atoms with Crippen LogP contribution in [0.1, 0.15) is 5.56 Å². The largest absolute Gasteiger partial charge is 0.351 e. The Bertz CT molecular complexity index is 1080. The maximum absolute atomic E-state index is 12.2. The molecular weight excluding hydrogens is 412 g/mol. The van der Waals surface area contributed by atoms with Crippen molar-refractivity contribution in [1.82, 2.24) is 20.3 Å². The summed E-state index contributed by atoms with van der Waals surface area (Å²) >= 11 is 4.90. The third-order valence-electron chi connectivity index (χ3n) is 3.98. The number of fused-ring (bicyclic) bond motifs is 3. The summed E-state index contributed by atoms with van der Waals surface area (Å²) in [4.78, 5) is 24.2. The molecule has 2 aromatic heterocycles. The summed E-state index contributed by atoms with van der Waals surface area (Å²) in [5.41, 5.74) is 3.81. The molecule has 7 heteroatoms. The lowest BCUT2D eigenvalue weighted by atomic mass is 10.2. The topological polar surface area (TPSA) is 70.7 Å². The van der Waals surface area contributed by atoms with E-state index >= 15 is 0 Å². The first-order valence-corrected chi connectivity index (χ1v) is 9.84. The zero-order chi connectivity index (χ0) is 17.9. The standard InChI is InChI=1S/C19H15BrN4OS/c20-13-6-7-15-14(8-13)17-18(24-15)19(23-11-22-17)26-10-16(25)21-9-12-4-2-1-3-5-12/h1-8,11,24H,9-10H2,(H,21,25). The summed E-state index contributed by atoms with van der Waals surface area (Å²) < 4.78 is 0.999. The Balaban J connectivity index is 1.48. The van der Waals surface area contributed by atoms with Crippen LogP contribution in [0, 0.1) is 0 Å². The van der Waals surface area contributed by atoms with E-state index in [-0.39, 0.29) is 5.91 Å². The minimum absolute atomic E-state index is 0.0236. The number of aromatic amines is 1. The quantitative estimate of drug-likeness (QED) is 0.369. The van der Waals surface area contributed by atoms with Gasteiger partial charge in [-0.05, 0) is 23.8 Å². The predicted molar refractivity (Wildman–Crippen MR) is 108 cm³/mol. The molecule has 0 aliphatic heterocycles. The molecule has 0 spiro atoms. The van der Waals surface area contributed by atoms with Gasteiger partial charge in [0, 0.05) is 21.9 Å². The normalized spacial score (nSPS) is 11.1. The van der Waals surface area contributed by atoms with Gasteiger partial charge < -0.3 is 10.3 Å². The molecule has 0 radical (unpaired) electrons. The maximum atomic E-state index is 12.2. The van der Waals surface area contributed by atoms with Gasteiger partial charge in [-0.25, -0.2) is 9.97 Å². The van der Waals surface area contributed by atoms with Crippen LogP contribution >= 0.6 is 27.7 Å². The molecule has 0 unspecified atom stereocenters. The van der Waals surface area contributed by atoms with Gasteiger partial charge >= 0.3 is 0 Å². The van der Waals surface area contributed by atoms with Crippen molar-refractivity contribution in [1.29, 1.82) is 0 Å². The number of H-pyrrole nitrogens is 1. The van der Waals surface area contributed by atoms with Crippen LogP contribution in [-0.2, 0) is 11.3 Å². The van der Waals surface area contributed by atoms with Gasteiger partial charge in [-0.15, -0.1) is 0 Å². The maximum Gasteiger partial charge on any atom is 0.230 e. The Kier molecular flexibility index (Phi) is 4.90. The van der Waals surface area contributed by atoms with Gasteiger partial charge in [-0.2, -0.15) is 0 Å². The number of benzene rings is 2. The molecule has 2 N–H and O–H groups in total. The fourth-order valence-corrected chi connectivity index (χ4v) is 3.88. The minimum atomic E-state index is -0.0236. The molecule has 5 nitrogen and oxygen atoms in total. The van der Waals surface area contributed by atoms with Crippen LogP contribution in [-0.4, -0.2) is 26.6 Å². The zero-order valence-corrected chi connectivity index (χ0v) is 16.1. The Morgan fingerprint density at radius 2 is 2.00 bits per heavy atom. The second-order valence-corrected chi connectivity index (χ2v) is 7.65. The summed E-state index contributed by atoms with van der Waals surface area (Å²) in [6.45, 7) is 0.528. The van der Waals surface area contributed by atoms with Gasteiger partial charge in [0.1, 0.15) is 16.9 Å². The lowest BCUT2D eigenvalue weighted by Crippen LogP contribution is -2.24. The minimum Gasteiger partial charge on any atom is -0.351 e. The molecule has 1 amide bonds. The molecule has 2 aromatic carbocycles. The number of carbonyl (C=O) groups excluding carboxylic acids is 1. The molecule has 130 valence electrons. The first kappa shape index (κ1) is 17.1. The molecule has 0 fully saturated rings. The molecule has 26 heavy (non-hydrogen) atoms. The van der Waals surface area contributed by atoms with Crippen LogP contribution < -0.4 is 5.32 Å². The van der Waals surface area contributed by atoms with Gasteiger partial charge in [0.2, 0.25) is 5.91 Å². The van der Waals surface area contributed by atoms with E-state index in [9.17, 15) is 4.79 Å². The molecule has 0 aliphatic carbocycles. The Morgan fingerprint density at radius 3 is 2.85 bits per heavy atom. The van der Waals surface area contributed by atoms with E-state index < -0.39 is 0 Å². The predicted octanol–water partition coefficient (Wildman–Crippen LogP) is 4.28. The summed E-state index contributed by atoms with van der Waals surface area (Å²) in [6, 6.07) is 15.9. The third kappa shape index (κ3) is 3.59. The van der Waals surface area contributed by atoms with Crippen molar-refractivity contribution in [3.63, 3.8) is 0 Å². The van der Waals surface area contributed by atoms with Crippen LogP contribution in [0.3, 0.4) is 0 Å². The number of rotatable bonds is 5. The Labute approximate surface area is 162 Å². The van der Waals surface area contributed by atoms with Crippen molar-refractivity contribution in [2.45, 2.75) is 11.6 Å². The van der Waals surface area contributed by atoms with Crippen LogP contribution in [0.4, 0.5) is 0 Å². The van der Waals surface area contributed by atoms with Crippen LogP contribution in [0.15, 0.2) is 64.4 Å². The van der Waals surface area contributed by atoms with E-state index in [1.807, 2.05) is 48.5 Å². The van der Waals surface area contributed by atoms with Crippen molar-refractivity contribution in [3.8, 4) is 0 Å². The SMILES string of the molecule is O=C(CSc1ncnc2c1[nH]c1ccc(Br)cc12)NCc1ccccc1. The number of halogens is 1. The highest BCUT2D eigenvalue weighted by atomic mass is 79.9. The van der Waals surface area contributed by atoms with Crippen molar-refractivity contribution >= 4 is 55.5 Å². The number of nitrogens with zero attached hydrogens (tertiary/aromatic N) is 2. The van der Waals surface area contributed by atoms with E-state index in [0.29, 0.717) is 12.3 Å². The van der Waals surface area contributed by atoms with Crippen molar-refractivity contribution in [3.05, 3.63) is 64.9 Å². The van der Waals surface area contributed by atoms with Crippen molar-refractivity contribution in [2.75, 3.05) is 5.75 Å². The average molecular weight is 427 g/mol. The van der Waals surface area contributed by atoms with Gasteiger partial charge in [-0.1, -0.05) is 58.0 Å². The number of nitrogens with one attached hydrogen (secondary N) is 2. The fourth-order valence-electron chi connectivity index (χ4n) is 2.73. The number of hydrogen-bond acceptors (Lipinski definition) is 4. The highest BCUT2D eigenvalue weighted by molar-refractivity contribution is 9.10. The number of carbonyl (C=O) groups is 1. The summed E-state index contributed by atoms with van der Waals surface area (Å²) in [6.07, 6.45) is 1.54. The molecule has 0 saturated heterocycles. The second kappa shape index (κ2) is 7.47. The molecule has 4 rings (SSSR count). The lowest BCUT2D eigenvalue weighted by molar-refractivity contribution is -0.118. The molecule has 0 bridgehead atoms. The van der Waals surface area contributed by atoms with Crippen molar-refractivity contribution < 1.29 is 4.79 Å². The highest BCUT2D eigenvalue weighted by Crippen LogP contribution is 2.31. The van der Waals surface area contributed by atoms with E-state index in [4.69, 9.17) is 0 Å². The van der Waals surface area contributed by atoms with Crippen molar-refractivity contribution in [2.24, 2.45) is 0 Å². The fraction of sp³-hybridized carbons (Fsp3) is 0.105. The van der Waals surface area contributed by atoms with Gasteiger partial charge in [-0.3, -0.25) is 4.79 Å². The van der Waals surface area contributed by atoms with E-state index in [0.717, 1.165) is 37.0 Å². The van der Waals surface area contributed by atoms with E-state index in [2.05, 4.69) is 36.2 Å². The smallest absolute Gasteiger partial charge is 0.230 e. The molecular formula is C19H15BrN4OS. The number of thioether (sulfide) groups is 1. The molecule has 0 saturated carbocycles. The molecule has 0 aliphatic rings. The number of amides is 1. The number of aromatic nitrogens is 3. The van der Waals surface area contributed by atoms with E-state index in [1.165, 1.54) is 11.8 Å². The second-order valence-electron chi connectivity index (χ2n) is 5.77. The first-order valence-electron chi connectivity index (χ1n) is 8.06. The first-order chi connectivity index (χ1) is 12.7. The highest BCUT2D eigenvalue weighted by Gasteiger charge is 2.12. The molecule has 2 heterocycles. The molecule has 4 aromatic rings. The van der Waals surface area contributed by atoms with Crippen LogP contribution in [0.2, 0.25) is 0 Å². The lowest BCUT2D eigenvalue weighted by Gasteiger charge is -2.05. The molecule has 0 atom stereocenters. The van der Waals surface area contributed by atoms with Gasteiger partial charge in [0.25, 0.3) is 0 Å². The Morgan fingerprint density at radius 1 is 1.15 bits per heavy atom. The van der Waals surface area contributed by atoms with E-state index in [1.54, 1.807) is 6.33 Å². The van der Waals surface area contributed by atoms with Crippen LogP contribution in [0.25, 0.3) is 21.9 Å². The monoisotopic (exact) mass is 426 g/mol. The summed E-state index contributed by atoms with van der Waals surface area (Å²) in [5.74, 6) is 0.280. The average Bonchev–Trinajstić information content (AvgIpc) is 3.04. The summed E-state index contributed by atoms with van der Waals surface area (Å²) in [5, 5.41) is 4.74. The van der Waals surface area contributed by atoms with Gasteiger partial charge in [0.15, 0.2) is 0 Å². The number of hydrogen-bond donors (Lipinski definition) is 2.